The first-order valence-corrected chi connectivity index (χ1v) is 7.06. The Morgan fingerprint density at radius 3 is 2.17 bits per heavy atom. The second kappa shape index (κ2) is 8.77. The van der Waals surface area contributed by atoms with E-state index >= 15 is 0 Å². The van der Waals surface area contributed by atoms with Crippen LogP contribution in [0.25, 0.3) is 0 Å². The van der Waals surface area contributed by atoms with Gasteiger partial charge in [-0.15, -0.1) is 0 Å². The molecule has 2 amide bonds. The number of ether oxygens (including phenoxy) is 2. The smallest absolute Gasteiger partial charge is 0.412 e. The fourth-order valence-corrected chi connectivity index (χ4v) is 1.46. The van der Waals surface area contributed by atoms with Crippen molar-refractivity contribution >= 4 is 12.2 Å². The van der Waals surface area contributed by atoms with Crippen LogP contribution < -0.4 is 15.4 Å². The van der Waals surface area contributed by atoms with Gasteiger partial charge < -0.3 is 20.1 Å². The van der Waals surface area contributed by atoms with Crippen molar-refractivity contribution in [3.63, 3.8) is 0 Å². The quantitative estimate of drug-likeness (QED) is 0.872. The summed E-state index contributed by atoms with van der Waals surface area (Å²) in [6.45, 7) is 4.98. The second-order valence-corrected chi connectivity index (χ2v) is 5.68. The van der Waals surface area contributed by atoms with Crippen LogP contribution in [0.4, 0.5) is 14.0 Å². The summed E-state index contributed by atoms with van der Waals surface area (Å²) in [4.78, 5) is 23.0. The van der Waals surface area contributed by atoms with Crippen molar-refractivity contribution < 1.29 is 23.5 Å². The van der Waals surface area contributed by atoms with E-state index in [1.165, 1.54) is 0 Å². The molecule has 6 nitrogen and oxygen atoms in total. The van der Waals surface area contributed by atoms with E-state index < -0.39 is 17.8 Å². The van der Waals surface area contributed by atoms with E-state index in [1.807, 2.05) is 0 Å². The highest BCUT2D eigenvalue weighted by Gasteiger charge is 2.16. The monoisotopic (exact) mass is 324 g/mol. The Morgan fingerprint density at radius 1 is 1.09 bits per heavy atom. The van der Waals surface area contributed by atoms with Crippen LogP contribution in [0.15, 0.2) is 42.2 Å². The first kappa shape index (κ1) is 18.5. The molecule has 0 fully saturated rings. The Hall–Kier alpha value is -2.57. The Kier molecular flexibility index (Phi) is 7.05. The van der Waals surface area contributed by atoms with Crippen molar-refractivity contribution in [1.29, 1.82) is 0 Å². The van der Waals surface area contributed by atoms with Gasteiger partial charge in [-0.25, -0.2) is 14.0 Å². The van der Waals surface area contributed by atoms with Gasteiger partial charge in [-0.2, -0.15) is 0 Å². The minimum atomic E-state index is -0.715. The summed E-state index contributed by atoms with van der Waals surface area (Å²) < 4.78 is 22.8. The van der Waals surface area contributed by atoms with Crippen molar-refractivity contribution in [1.82, 2.24) is 10.6 Å². The number of nitrogens with one attached hydrogen (secondary N) is 2. The van der Waals surface area contributed by atoms with Crippen molar-refractivity contribution in [2.45, 2.75) is 26.4 Å². The lowest BCUT2D eigenvalue weighted by Gasteiger charge is -2.20. The molecule has 0 radical (unpaired) electrons. The van der Waals surface area contributed by atoms with Crippen LogP contribution in [0.3, 0.4) is 0 Å². The van der Waals surface area contributed by atoms with Gasteiger partial charge in [-0.1, -0.05) is 18.2 Å². The van der Waals surface area contributed by atoms with Gasteiger partial charge in [-0.3, -0.25) is 0 Å². The number of carbonyl (C=O) groups excluding carboxylic acids is 2. The van der Waals surface area contributed by atoms with Crippen LogP contribution in [0.5, 0.6) is 5.75 Å². The second-order valence-electron chi connectivity index (χ2n) is 5.68. The SMILES string of the molecule is CC(C)(C)OC(=O)NCC(=CF)CNC(=O)Oc1ccccc1. The van der Waals surface area contributed by atoms with Crippen LogP contribution in [0.1, 0.15) is 20.8 Å². The third kappa shape index (κ3) is 8.45. The van der Waals surface area contributed by atoms with Crippen molar-refractivity contribution in [2.75, 3.05) is 13.1 Å². The average molecular weight is 324 g/mol. The molecule has 0 aliphatic heterocycles. The normalized spacial score (nSPS) is 11.6. The van der Waals surface area contributed by atoms with Gasteiger partial charge in [0.05, 0.1) is 6.33 Å². The standard InChI is InChI=1S/C16H21FN2O4/c1-16(2,3)23-15(21)19-11-12(9-17)10-18-14(20)22-13-7-5-4-6-8-13/h4-9H,10-11H2,1-3H3,(H,18,20)(H,19,21). The molecule has 0 unspecified atom stereocenters. The highest BCUT2D eigenvalue weighted by Crippen LogP contribution is 2.08. The molecule has 0 saturated carbocycles. The minimum Gasteiger partial charge on any atom is -0.444 e. The van der Waals surface area contributed by atoms with Crippen LogP contribution >= 0.6 is 0 Å². The summed E-state index contributed by atoms with van der Waals surface area (Å²) in [7, 11) is 0. The van der Waals surface area contributed by atoms with Gasteiger partial charge in [0.25, 0.3) is 0 Å². The number of benzene rings is 1. The first-order valence-electron chi connectivity index (χ1n) is 7.06. The molecule has 1 aromatic rings. The van der Waals surface area contributed by atoms with Gasteiger partial charge >= 0.3 is 12.2 Å². The predicted molar refractivity (Wildman–Crippen MR) is 83.9 cm³/mol. The van der Waals surface area contributed by atoms with Crippen LogP contribution in [0.2, 0.25) is 0 Å². The molecule has 23 heavy (non-hydrogen) atoms. The summed E-state index contributed by atoms with van der Waals surface area (Å²) in [6, 6.07) is 8.47. The van der Waals surface area contributed by atoms with Gasteiger partial charge in [0.1, 0.15) is 11.4 Å². The molecule has 0 bridgehead atoms. The molecule has 0 aliphatic carbocycles. The highest BCUT2D eigenvalue weighted by molar-refractivity contribution is 5.71. The molecule has 1 aromatic carbocycles. The molecular weight excluding hydrogens is 303 g/mol. The zero-order chi connectivity index (χ0) is 17.3. The zero-order valence-electron chi connectivity index (χ0n) is 13.4. The number of halogens is 1. The molecule has 0 heterocycles. The number of alkyl carbamates (subject to hydrolysis) is 1. The lowest BCUT2D eigenvalue weighted by molar-refractivity contribution is 0.0532. The molecule has 0 spiro atoms. The summed E-state index contributed by atoms with van der Waals surface area (Å²) in [6.07, 6.45) is -1.06. The van der Waals surface area contributed by atoms with E-state index in [4.69, 9.17) is 9.47 Å². The molecule has 126 valence electrons. The Bertz CT molecular complexity index is 553. The molecule has 7 heteroatoms. The Labute approximate surface area is 134 Å². The summed E-state index contributed by atoms with van der Waals surface area (Å²) >= 11 is 0. The van der Waals surface area contributed by atoms with Crippen LogP contribution in [0, 0.1) is 0 Å². The van der Waals surface area contributed by atoms with E-state index in [-0.39, 0.29) is 18.7 Å². The highest BCUT2D eigenvalue weighted by atomic mass is 19.1. The number of hydrogen-bond acceptors (Lipinski definition) is 4. The van der Waals surface area contributed by atoms with E-state index in [9.17, 15) is 14.0 Å². The van der Waals surface area contributed by atoms with Crippen LogP contribution in [-0.4, -0.2) is 30.9 Å². The Morgan fingerprint density at radius 2 is 1.65 bits per heavy atom. The van der Waals surface area contributed by atoms with Gasteiger partial charge in [0.15, 0.2) is 0 Å². The molecule has 1 rings (SSSR count). The van der Waals surface area contributed by atoms with E-state index in [0.29, 0.717) is 12.1 Å². The maximum absolute atomic E-state index is 12.8. The fourth-order valence-electron chi connectivity index (χ4n) is 1.46. The van der Waals surface area contributed by atoms with Crippen molar-refractivity contribution in [3.8, 4) is 5.75 Å². The molecular formula is C16H21FN2O4. The van der Waals surface area contributed by atoms with E-state index in [0.717, 1.165) is 0 Å². The number of hydrogen-bond donors (Lipinski definition) is 2. The van der Waals surface area contributed by atoms with Gasteiger partial charge in [0.2, 0.25) is 0 Å². The molecule has 0 aliphatic rings. The molecule has 0 saturated heterocycles. The molecule has 0 aromatic heterocycles. The Balaban J connectivity index is 2.34. The predicted octanol–water partition coefficient (Wildman–Crippen LogP) is 3.15. The maximum atomic E-state index is 12.8. The van der Waals surface area contributed by atoms with Gasteiger partial charge in [-0.05, 0) is 38.5 Å². The summed E-state index contributed by atoms with van der Waals surface area (Å²) in [5.74, 6) is 0.377. The molecule has 2 N–H and O–H groups in total. The number of para-hydroxylation sites is 1. The zero-order valence-corrected chi connectivity index (χ0v) is 13.4. The third-order valence-corrected chi connectivity index (χ3v) is 2.43. The average Bonchev–Trinajstić information content (AvgIpc) is 2.46. The van der Waals surface area contributed by atoms with Crippen LogP contribution in [-0.2, 0) is 4.74 Å². The minimum absolute atomic E-state index is 0.0863. The van der Waals surface area contributed by atoms with Crippen molar-refractivity contribution in [3.05, 3.63) is 42.2 Å². The topological polar surface area (TPSA) is 76.7 Å². The molecule has 0 atom stereocenters. The first-order chi connectivity index (χ1) is 10.8. The lowest BCUT2D eigenvalue weighted by atomic mass is 10.2. The lowest BCUT2D eigenvalue weighted by Crippen LogP contribution is -2.36. The number of carbonyl (C=O) groups is 2. The van der Waals surface area contributed by atoms with Gasteiger partial charge in [0, 0.05) is 13.1 Å². The number of amides is 2. The van der Waals surface area contributed by atoms with E-state index in [1.54, 1.807) is 51.1 Å². The van der Waals surface area contributed by atoms with E-state index in [2.05, 4.69) is 10.6 Å². The third-order valence-electron chi connectivity index (χ3n) is 2.43. The number of rotatable bonds is 5. The summed E-state index contributed by atoms with van der Waals surface area (Å²) in [5.41, 5.74) is -0.470. The maximum Gasteiger partial charge on any atom is 0.412 e. The summed E-state index contributed by atoms with van der Waals surface area (Å²) in [5, 5.41) is 4.79. The largest absolute Gasteiger partial charge is 0.444 e. The van der Waals surface area contributed by atoms with Crippen molar-refractivity contribution in [2.24, 2.45) is 0 Å². The fraction of sp³-hybridized carbons (Fsp3) is 0.375.